The fourth-order valence-electron chi connectivity index (χ4n) is 3.21. The highest BCUT2D eigenvalue weighted by Gasteiger charge is 2.29. The van der Waals surface area contributed by atoms with E-state index in [-0.39, 0.29) is 0 Å². The maximum atomic E-state index is 3.50. The third-order valence-corrected chi connectivity index (χ3v) is 4.17. The van der Waals surface area contributed by atoms with Crippen molar-refractivity contribution in [1.29, 1.82) is 0 Å². The van der Waals surface area contributed by atoms with Gasteiger partial charge in [-0.15, -0.1) is 0 Å². The lowest BCUT2D eigenvalue weighted by molar-refractivity contribution is 0.201. The quantitative estimate of drug-likeness (QED) is 0.690. The molecule has 1 heteroatoms. The third-order valence-electron chi connectivity index (χ3n) is 4.17. The van der Waals surface area contributed by atoms with Crippen LogP contribution in [-0.2, 0) is 0 Å². The Morgan fingerprint density at radius 1 is 1.15 bits per heavy atom. The van der Waals surface area contributed by atoms with Crippen LogP contribution >= 0.6 is 0 Å². The Labute approximate surface area is 82.3 Å². The Morgan fingerprint density at radius 2 is 2.08 bits per heavy atom. The van der Waals surface area contributed by atoms with Crippen LogP contribution in [0.5, 0.6) is 0 Å². The predicted octanol–water partition coefficient (Wildman–Crippen LogP) is 2.81. The Balaban J connectivity index is 1.84. The van der Waals surface area contributed by atoms with Crippen molar-refractivity contribution >= 4 is 0 Å². The van der Waals surface area contributed by atoms with E-state index in [9.17, 15) is 0 Å². The van der Waals surface area contributed by atoms with E-state index in [0.29, 0.717) is 0 Å². The minimum absolute atomic E-state index is 1.02. The summed E-state index contributed by atoms with van der Waals surface area (Å²) in [5, 5.41) is 3.50. The minimum Gasteiger partial charge on any atom is -0.316 e. The molecule has 0 aromatic carbocycles. The Morgan fingerprint density at radius 3 is 2.77 bits per heavy atom. The van der Waals surface area contributed by atoms with Gasteiger partial charge in [-0.2, -0.15) is 0 Å². The predicted molar refractivity (Wildman–Crippen MR) is 56.7 cm³/mol. The summed E-state index contributed by atoms with van der Waals surface area (Å²) in [6.07, 6.45) is 8.91. The molecule has 2 fully saturated rings. The van der Waals surface area contributed by atoms with E-state index in [0.717, 1.165) is 17.8 Å². The molecule has 1 saturated heterocycles. The molecule has 3 unspecified atom stereocenters. The SMILES string of the molecule is CCC1CCCC(C2CCNC2)C1. The van der Waals surface area contributed by atoms with Crippen molar-refractivity contribution < 1.29 is 0 Å². The lowest BCUT2D eigenvalue weighted by Gasteiger charge is -2.32. The van der Waals surface area contributed by atoms with Crippen molar-refractivity contribution in [3.05, 3.63) is 0 Å². The molecular formula is C12H23N. The first kappa shape index (κ1) is 9.51. The molecule has 1 heterocycles. The highest BCUT2D eigenvalue weighted by molar-refractivity contribution is 4.82. The van der Waals surface area contributed by atoms with Gasteiger partial charge in [0.2, 0.25) is 0 Å². The molecule has 1 nitrogen and oxygen atoms in total. The number of hydrogen-bond acceptors (Lipinski definition) is 1. The summed E-state index contributed by atoms with van der Waals surface area (Å²) in [7, 11) is 0. The lowest BCUT2D eigenvalue weighted by atomic mass is 9.74. The standard InChI is InChI=1S/C12H23N/c1-2-10-4-3-5-11(8-10)12-6-7-13-9-12/h10-13H,2-9H2,1H3. The summed E-state index contributed by atoms with van der Waals surface area (Å²) in [5.74, 6) is 3.14. The molecule has 3 atom stereocenters. The maximum absolute atomic E-state index is 3.50. The van der Waals surface area contributed by atoms with Gasteiger partial charge in [0, 0.05) is 0 Å². The van der Waals surface area contributed by atoms with Gasteiger partial charge in [0.1, 0.15) is 0 Å². The summed E-state index contributed by atoms with van der Waals surface area (Å²) >= 11 is 0. The van der Waals surface area contributed by atoms with Crippen molar-refractivity contribution in [2.75, 3.05) is 13.1 Å². The zero-order valence-corrected chi connectivity index (χ0v) is 8.89. The van der Waals surface area contributed by atoms with E-state index in [2.05, 4.69) is 12.2 Å². The summed E-state index contributed by atoms with van der Waals surface area (Å²) in [6.45, 7) is 4.94. The van der Waals surface area contributed by atoms with Crippen LogP contribution in [0.1, 0.15) is 45.4 Å². The molecule has 0 spiro atoms. The Bertz CT molecular complexity index is 149. The highest BCUT2D eigenvalue weighted by atomic mass is 14.9. The smallest absolute Gasteiger partial charge is 0.00174 e. The van der Waals surface area contributed by atoms with Crippen molar-refractivity contribution in [3.8, 4) is 0 Å². The second-order valence-corrected chi connectivity index (χ2v) is 4.95. The first-order chi connectivity index (χ1) is 6.40. The average Bonchev–Trinajstić information content (AvgIpc) is 2.71. The van der Waals surface area contributed by atoms with Gasteiger partial charge >= 0.3 is 0 Å². The molecule has 1 aliphatic carbocycles. The monoisotopic (exact) mass is 181 g/mol. The molecule has 76 valence electrons. The summed E-state index contributed by atoms with van der Waals surface area (Å²) in [4.78, 5) is 0. The molecule has 0 aromatic rings. The van der Waals surface area contributed by atoms with Crippen LogP contribution in [0, 0.1) is 17.8 Å². The Kier molecular flexibility index (Phi) is 3.26. The zero-order valence-electron chi connectivity index (χ0n) is 8.89. The van der Waals surface area contributed by atoms with Crippen LogP contribution in [-0.4, -0.2) is 13.1 Å². The van der Waals surface area contributed by atoms with E-state index in [1.54, 1.807) is 0 Å². The van der Waals surface area contributed by atoms with Crippen molar-refractivity contribution in [2.45, 2.75) is 45.4 Å². The molecule has 13 heavy (non-hydrogen) atoms. The lowest BCUT2D eigenvalue weighted by Crippen LogP contribution is -2.24. The topological polar surface area (TPSA) is 12.0 Å². The molecule has 2 rings (SSSR count). The average molecular weight is 181 g/mol. The van der Waals surface area contributed by atoms with E-state index in [1.165, 1.54) is 51.6 Å². The second-order valence-electron chi connectivity index (χ2n) is 4.95. The van der Waals surface area contributed by atoms with E-state index >= 15 is 0 Å². The molecular weight excluding hydrogens is 158 g/mol. The largest absolute Gasteiger partial charge is 0.316 e. The minimum atomic E-state index is 1.02. The van der Waals surface area contributed by atoms with Gasteiger partial charge in [0.25, 0.3) is 0 Å². The van der Waals surface area contributed by atoms with E-state index < -0.39 is 0 Å². The van der Waals surface area contributed by atoms with Crippen molar-refractivity contribution in [3.63, 3.8) is 0 Å². The summed E-state index contributed by atoms with van der Waals surface area (Å²) in [6, 6.07) is 0. The van der Waals surface area contributed by atoms with Gasteiger partial charge in [0.15, 0.2) is 0 Å². The fourth-order valence-corrected chi connectivity index (χ4v) is 3.21. The van der Waals surface area contributed by atoms with Crippen molar-refractivity contribution in [1.82, 2.24) is 5.32 Å². The van der Waals surface area contributed by atoms with Gasteiger partial charge in [0.05, 0.1) is 0 Å². The molecule has 1 saturated carbocycles. The molecule has 0 aromatic heterocycles. The molecule has 2 aliphatic rings. The number of rotatable bonds is 2. The molecule has 1 N–H and O–H groups in total. The van der Waals surface area contributed by atoms with Crippen LogP contribution in [0.2, 0.25) is 0 Å². The van der Waals surface area contributed by atoms with Gasteiger partial charge in [-0.25, -0.2) is 0 Å². The first-order valence-electron chi connectivity index (χ1n) is 6.11. The number of nitrogens with one attached hydrogen (secondary N) is 1. The number of hydrogen-bond donors (Lipinski definition) is 1. The molecule has 0 amide bonds. The van der Waals surface area contributed by atoms with Gasteiger partial charge in [-0.3, -0.25) is 0 Å². The maximum Gasteiger partial charge on any atom is -0.00174 e. The summed E-state index contributed by atoms with van der Waals surface area (Å²) in [5.41, 5.74) is 0. The van der Waals surface area contributed by atoms with E-state index in [4.69, 9.17) is 0 Å². The molecule has 0 bridgehead atoms. The van der Waals surface area contributed by atoms with Gasteiger partial charge in [-0.05, 0) is 43.7 Å². The van der Waals surface area contributed by atoms with Crippen LogP contribution in [0.15, 0.2) is 0 Å². The Hall–Kier alpha value is -0.0400. The van der Waals surface area contributed by atoms with Gasteiger partial charge in [-0.1, -0.05) is 32.6 Å². The third kappa shape index (κ3) is 2.25. The normalized spacial score (nSPS) is 40.8. The zero-order chi connectivity index (χ0) is 9.10. The van der Waals surface area contributed by atoms with Crippen molar-refractivity contribution in [2.24, 2.45) is 17.8 Å². The summed E-state index contributed by atoms with van der Waals surface area (Å²) < 4.78 is 0. The fraction of sp³-hybridized carbons (Fsp3) is 1.00. The van der Waals surface area contributed by atoms with Crippen LogP contribution in [0.25, 0.3) is 0 Å². The molecule has 0 radical (unpaired) electrons. The van der Waals surface area contributed by atoms with E-state index in [1.807, 2.05) is 0 Å². The second kappa shape index (κ2) is 4.45. The van der Waals surface area contributed by atoms with Crippen LogP contribution < -0.4 is 5.32 Å². The van der Waals surface area contributed by atoms with Crippen LogP contribution in [0.4, 0.5) is 0 Å². The van der Waals surface area contributed by atoms with Crippen LogP contribution in [0.3, 0.4) is 0 Å². The van der Waals surface area contributed by atoms with Gasteiger partial charge < -0.3 is 5.32 Å². The molecule has 1 aliphatic heterocycles. The highest BCUT2D eigenvalue weighted by Crippen LogP contribution is 2.37. The first-order valence-corrected chi connectivity index (χ1v) is 6.11.